The molecule has 0 saturated carbocycles. The molecule has 11 heteroatoms. The highest BCUT2D eigenvalue weighted by Gasteiger charge is 2.39. The molecule has 0 aromatic carbocycles. The molecule has 1 amide bonds. The minimum Gasteiger partial charge on any atom is -0.480 e. The number of aliphatic carboxylic acids is 1. The summed E-state index contributed by atoms with van der Waals surface area (Å²) >= 11 is 0. The van der Waals surface area contributed by atoms with Gasteiger partial charge in [-0.1, -0.05) is 0 Å². The van der Waals surface area contributed by atoms with Gasteiger partial charge < -0.3 is 19.6 Å². The largest absolute Gasteiger partial charge is 0.480 e. The van der Waals surface area contributed by atoms with E-state index in [1.54, 1.807) is 26.8 Å². The normalized spacial score (nSPS) is 17.2. The van der Waals surface area contributed by atoms with E-state index in [0.29, 0.717) is 0 Å². The van der Waals surface area contributed by atoms with E-state index in [-0.39, 0.29) is 31.0 Å². The van der Waals surface area contributed by atoms with Crippen molar-refractivity contribution >= 4 is 23.6 Å². The number of ether oxygens (including phenoxy) is 1. The third kappa shape index (κ3) is 4.60. The van der Waals surface area contributed by atoms with E-state index in [0.717, 1.165) is 12.3 Å². The van der Waals surface area contributed by atoms with Crippen LogP contribution in [-0.2, 0) is 9.53 Å². The fourth-order valence-electron chi connectivity index (χ4n) is 2.60. The average Bonchev–Trinajstić information content (AvgIpc) is 2.59. The van der Waals surface area contributed by atoms with Crippen molar-refractivity contribution in [3.8, 4) is 6.07 Å². The number of rotatable bonds is 3. The molecule has 1 aliphatic heterocycles. The standard InChI is InChI=1S/C16H19N5O6/c1-16(2,3)27-15(24)19-4-5-20(12(9-19)14(22)23)13-11(21(25)26)6-10(7-17)8-18-13/h6,8,12H,4-5,9H2,1-3H3,(H,22,23). The van der Waals surface area contributed by atoms with Crippen molar-refractivity contribution in [3.63, 3.8) is 0 Å². The molecule has 1 unspecified atom stereocenters. The smallest absolute Gasteiger partial charge is 0.410 e. The van der Waals surface area contributed by atoms with Gasteiger partial charge in [0.2, 0.25) is 5.82 Å². The minimum absolute atomic E-state index is 0.00952. The van der Waals surface area contributed by atoms with Crippen molar-refractivity contribution in [2.75, 3.05) is 24.5 Å². The topological polar surface area (TPSA) is 150 Å². The lowest BCUT2D eigenvalue weighted by Gasteiger charge is -2.39. The first kappa shape index (κ1) is 19.9. The average molecular weight is 377 g/mol. The quantitative estimate of drug-likeness (QED) is 0.608. The van der Waals surface area contributed by atoms with Crippen molar-refractivity contribution in [3.05, 3.63) is 27.9 Å². The molecular weight excluding hydrogens is 358 g/mol. The number of anilines is 1. The number of amides is 1. The second-order valence-electron chi connectivity index (χ2n) is 6.91. The Labute approximate surface area is 154 Å². The molecule has 1 fully saturated rings. The van der Waals surface area contributed by atoms with Gasteiger partial charge in [-0.3, -0.25) is 10.1 Å². The Bertz CT molecular complexity index is 812. The summed E-state index contributed by atoms with van der Waals surface area (Å²) in [6.07, 6.45) is 0.484. The highest BCUT2D eigenvalue weighted by atomic mass is 16.6. The van der Waals surface area contributed by atoms with E-state index >= 15 is 0 Å². The monoisotopic (exact) mass is 377 g/mol. The van der Waals surface area contributed by atoms with Crippen LogP contribution >= 0.6 is 0 Å². The van der Waals surface area contributed by atoms with Crippen LogP contribution in [0.15, 0.2) is 12.3 Å². The van der Waals surface area contributed by atoms with Gasteiger partial charge >= 0.3 is 17.7 Å². The number of carbonyl (C=O) groups excluding carboxylic acids is 1. The van der Waals surface area contributed by atoms with Gasteiger partial charge in [-0.05, 0) is 20.8 Å². The fourth-order valence-corrected chi connectivity index (χ4v) is 2.60. The molecule has 0 aliphatic carbocycles. The lowest BCUT2D eigenvalue weighted by molar-refractivity contribution is -0.384. The predicted molar refractivity (Wildman–Crippen MR) is 92.2 cm³/mol. The molecular formula is C16H19N5O6. The van der Waals surface area contributed by atoms with E-state index < -0.39 is 34.3 Å². The number of carboxylic acids is 1. The first-order chi connectivity index (χ1) is 12.5. The van der Waals surface area contributed by atoms with Crippen molar-refractivity contribution < 1.29 is 24.4 Å². The van der Waals surface area contributed by atoms with Gasteiger partial charge in [-0.2, -0.15) is 5.26 Å². The Morgan fingerprint density at radius 1 is 1.44 bits per heavy atom. The van der Waals surface area contributed by atoms with E-state index in [1.807, 2.05) is 0 Å². The molecule has 144 valence electrons. The maximum atomic E-state index is 12.2. The molecule has 1 saturated heterocycles. The summed E-state index contributed by atoms with van der Waals surface area (Å²) in [5, 5.41) is 29.8. The van der Waals surface area contributed by atoms with Crippen molar-refractivity contribution in [2.45, 2.75) is 32.4 Å². The first-order valence-electron chi connectivity index (χ1n) is 8.05. The maximum Gasteiger partial charge on any atom is 0.410 e. The van der Waals surface area contributed by atoms with Crippen molar-refractivity contribution in [1.82, 2.24) is 9.88 Å². The molecule has 27 heavy (non-hydrogen) atoms. The predicted octanol–water partition coefficient (Wildman–Crippen LogP) is 1.37. The van der Waals surface area contributed by atoms with Gasteiger partial charge in [0.15, 0.2) is 0 Å². The zero-order valence-electron chi connectivity index (χ0n) is 15.1. The molecule has 2 rings (SSSR count). The zero-order valence-corrected chi connectivity index (χ0v) is 15.1. The molecule has 11 nitrogen and oxygen atoms in total. The van der Waals surface area contributed by atoms with Crippen LogP contribution in [0.1, 0.15) is 26.3 Å². The molecule has 1 aromatic rings. The Morgan fingerprint density at radius 2 is 2.11 bits per heavy atom. The SMILES string of the molecule is CC(C)(C)OC(=O)N1CCN(c2ncc(C#N)cc2[N+](=O)[O-])C(C(=O)O)C1. The van der Waals surface area contributed by atoms with Crippen LogP contribution < -0.4 is 4.90 Å². The van der Waals surface area contributed by atoms with E-state index in [4.69, 9.17) is 10.00 Å². The van der Waals surface area contributed by atoms with Crippen molar-refractivity contribution in [1.29, 1.82) is 5.26 Å². The van der Waals surface area contributed by atoms with Gasteiger partial charge in [0.25, 0.3) is 0 Å². The van der Waals surface area contributed by atoms with Crippen LogP contribution in [0.25, 0.3) is 0 Å². The van der Waals surface area contributed by atoms with E-state index in [2.05, 4.69) is 4.98 Å². The van der Waals surface area contributed by atoms with Gasteiger partial charge in [0.1, 0.15) is 17.7 Å². The molecule has 0 spiro atoms. The molecule has 0 bridgehead atoms. The molecule has 1 aliphatic rings. The number of piperazine rings is 1. The van der Waals surface area contributed by atoms with Crippen molar-refractivity contribution in [2.24, 2.45) is 0 Å². The second kappa shape index (κ2) is 7.45. The number of carboxylic acid groups (broad SMARTS) is 1. The summed E-state index contributed by atoms with van der Waals surface area (Å²) in [6.45, 7) is 4.98. The number of nitro groups is 1. The number of pyridine rings is 1. The number of hydrogen-bond acceptors (Lipinski definition) is 8. The van der Waals surface area contributed by atoms with Gasteiger partial charge in [0.05, 0.1) is 17.0 Å². The molecule has 1 aromatic heterocycles. The number of aromatic nitrogens is 1. The third-order valence-electron chi connectivity index (χ3n) is 3.76. The summed E-state index contributed by atoms with van der Waals surface area (Å²) in [5.74, 6) is -1.42. The van der Waals surface area contributed by atoms with Crippen LogP contribution in [0, 0.1) is 21.4 Å². The van der Waals surface area contributed by atoms with Gasteiger partial charge in [-0.25, -0.2) is 14.6 Å². The van der Waals surface area contributed by atoms with Gasteiger partial charge in [-0.15, -0.1) is 0 Å². The summed E-state index contributed by atoms with van der Waals surface area (Å²) in [6, 6.07) is 1.56. The molecule has 1 N–H and O–H groups in total. The zero-order chi connectivity index (χ0) is 20.4. The molecule has 1 atom stereocenters. The lowest BCUT2D eigenvalue weighted by atomic mass is 10.1. The van der Waals surface area contributed by atoms with Crippen LogP contribution in [0.4, 0.5) is 16.3 Å². The number of nitriles is 1. The van der Waals surface area contributed by atoms with Crippen LogP contribution in [0.5, 0.6) is 0 Å². The maximum absolute atomic E-state index is 12.2. The van der Waals surface area contributed by atoms with E-state index in [9.17, 15) is 24.8 Å². The Balaban J connectivity index is 2.32. The summed E-state index contributed by atoms with van der Waals surface area (Å²) in [4.78, 5) is 41.0. The Hall–Kier alpha value is -3.42. The Morgan fingerprint density at radius 3 is 2.63 bits per heavy atom. The summed E-state index contributed by atoms with van der Waals surface area (Å²) in [7, 11) is 0. The number of hydrogen-bond donors (Lipinski definition) is 1. The Kier molecular flexibility index (Phi) is 5.49. The van der Waals surface area contributed by atoms with Crippen LogP contribution in [0.3, 0.4) is 0 Å². The first-order valence-corrected chi connectivity index (χ1v) is 8.05. The third-order valence-corrected chi connectivity index (χ3v) is 3.76. The second-order valence-corrected chi connectivity index (χ2v) is 6.91. The van der Waals surface area contributed by atoms with Crippen LogP contribution in [0.2, 0.25) is 0 Å². The van der Waals surface area contributed by atoms with E-state index in [1.165, 1.54) is 9.80 Å². The number of nitrogens with zero attached hydrogens (tertiary/aromatic N) is 5. The lowest BCUT2D eigenvalue weighted by Crippen LogP contribution is -2.58. The van der Waals surface area contributed by atoms with Gasteiger partial charge in [0, 0.05) is 25.4 Å². The highest BCUT2D eigenvalue weighted by Crippen LogP contribution is 2.30. The highest BCUT2D eigenvalue weighted by molar-refractivity contribution is 5.81. The van der Waals surface area contributed by atoms with Crippen LogP contribution in [-0.4, -0.2) is 63.3 Å². The molecule has 0 radical (unpaired) electrons. The minimum atomic E-state index is -1.26. The molecule has 2 heterocycles. The summed E-state index contributed by atoms with van der Waals surface area (Å²) < 4.78 is 5.25. The number of carbonyl (C=O) groups is 2. The fraction of sp³-hybridized carbons (Fsp3) is 0.500. The summed E-state index contributed by atoms with van der Waals surface area (Å²) in [5.41, 5.74) is -1.21.